The van der Waals surface area contributed by atoms with Crippen LogP contribution in [0.15, 0.2) is 0 Å². The van der Waals surface area contributed by atoms with E-state index >= 15 is 0 Å². The smallest absolute Gasteiger partial charge is 0.322 e. The second-order valence-electron chi connectivity index (χ2n) is 3.82. The van der Waals surface area contributed by atoms with Gasteiger partial charge in [0, 0.05) is 20.0 Å². The first-order chi connectivity index (χ1) is 6.82. The van der Waals surface area contributed by atoms with Crippen molar-refractivity contribution >= 4 is 11.9 Å². The van der Waals surface area contributed by atoms with Crippen LogP contribution in [0.2, 0.25) is 0 Å². The molecule has 1 saturated heterocycles. The highest BCUT2D eigenvalue weighted by atomic mass is 19.3. The van der Waals surface area contributed by atoms with Gasteiger partial charge in [0.1, 0.15) is 0 Å². The number of alkyl halides is 2. The van der Waals surface area contributed by atoms with Gasteiger partial charge in [-0.2, -0.15) is 8.78 Å². The van der Waals surface area contributed by atoms with Crippen LogP contribution in [0.1, 0.15) is 19.8 Å². The Hall–Kier alpha value is -1.20. The molecule has 0 aromatic rings. The molecule has 1 fully saturated rings. The molecule has 0 unspecified atom stereocenters. The zero-order chi connectivity index (χ0) is 11.6. The first-order valence-electron chi connectivity index (χ1n) is 4.72. The molecule has 1 amide bonds. The lowest BCUT2D eigenvalue weighted by Crippen LogP contribution is -2.48. The molecule has 0 saturated carbocycles. The minimum atomic E-state index is -3.42. The largest absolute Gasteiger partial charge is 0.481 e. The minimum absolute atomic E-state index is 0.113. The fourth-order valence-corrected chi connectivity index (χ4v) is 1.64. The average molecular weight is 221 g/mol. The molecule has 86 valence electrons. The van der Waals surface area contributed by atoms with Gasteiger partial charge in [-0.1, -0.05) is 0 Å². The molecule has 0 aliphatic carbocycles. The van der Waals surface area contributed by atoms with E-state index in [-0.39, 0.29) is 13.1 Å². The van der Waals surface area contributed by atoms with Crippen LogP contribution in [-0.4, -0.2) is 40.9 Å². The Morgan fingerprint density at radius 3 is 2.53 bits per heavy atom. The van der Waals surface area contributed by atoms with Gasteiger partial charge in [0.05, 0.1) is 5.92 Å². The van der Waals surface area contributed by atoms with Crippen molar-refractivity contribution in [2.45, 2.75) is 25.7 Å². The van der Waals surface area contributed by atoms with Crippen LogP contribution in [0.25, 0.3) is 0 Å². The Morgan fingerprint density at radius 1 is 1.47 bits per heavy atom. The fraction of sp³-hybridized carbons (Fsp3) is 0.778. The quantitative estimate of drug-likeness (QED) is 0.755. The highest BCUT2D eigenvalue weighted by molar-refractivity contribution is 5.83. The van der Waals surface area contributed by atoms with Crippen molar-refractivity contribution in [1.82, 2.24) is 4.90 Å². The van der Waals surface area contributed by atoms with Gasteiger partial charge < -0.3 is 10.0 Å². The van der Waals surface area contributed by atoms with E-state index < -0.39 is 23.7 Å². The standard InChI is InChI=1S/C9H13F2NO3/c1-9(10,11)8(15)12-4-2-3-6(5-12)7(13)14/h6H,2-5H2,1H3,(H,13,14)/t6-/m0/s1. The molecule has 1 aliphatic rings. The molecule has 1 aliphatic heterocycles. The lowest BCUT2D eigenvalue weighted by molar-refractivity contribution is -0.159. The van der Waals surface area contributed by atoms with Crippen molar-refractivity contribution in [2.75, 3.05) is 13.1 Å². The summed E-state index contributed by atoms with van der Waals surface area (Å²) >= 11 is 0. The zero-order valence-corrected chi connectivity index (χ0v) is 8.37. The van der Waals surface area contributed by atoms with Crippen LogP contribution < -0.4 is 0 Å². The predicted molar refractivity (Wildman–Crippen MR) is 47.6 cm³/mol. The third-order valence-electron chi connectivity index (χ3n) is 2.43. The van der Waals surface area contributed by atoms with Crippen molar-refractivity contribution in [3.8, 4) is 0 Å². The highest BCUT2D eigenvalue weighted by Crippen LogP contribution is 2.22. The normalized spacial score (nSPS) is 22.6. The third-order valence-corrected chi connectivity index (χ3v) is 2.43. The Labute approximate surface area is 85.9 Å². The third kappa shape index (κ3) is 2.87. The van der Waals surface area contributed by atoms with Crippen LogP contribution in [0.4, 0.5) is 8.78 Å². The number of halogens is 2. The number of carbonyl (C=O) groups is 2. The maximum Gasteiger partial charge on any atom is 0.322 e. The first-order valence-corrected chi connectivity index (χ1v) is 4.72. The van der Waals surface area contributed by atoms with Gasteiger partial charge in [0.2, 0.25) is 0 Å². The van der Waals surface area contributed by atoms with Crippen molar-refractivity contribution in [3.63, 3.8) is 0 Å². The summed E-state index contributed by atoms with van der Waals surface area (Å²) in [6, 6.07) is 0. The van der Waals surface area contributed by atoms with Gasteiger partial charge in [-0.25, -0.2) is 0 Å². The van der Waals surface area contributed by atoms with E-state index in [2.05, 4.69) is 0 Å². The lowest BCUT2D eigenvalue weighted by atomic mass is 9.98. The fourth-order valence-electron chi connectivity index (χ4n) is 1.64. The Bertz CT molecular complexity index is 275. The zero-order valence-electron chi connectivity index (χ0n) is 8.37. The molecule has 4 nitrogen and oxygen atoms in total. The molecule has 1 heterocycles. The van der Waals surface area contributed by atoms with Crippen LogP contribution in [-0.2, 0) is 9.59 Å². The van der Waals surface area contributed by atoms with E-state index in [0.29, 0.717) is 19.8 Å². The average Bonchev–Trinajstić information content (AvgIpc) is 2.15. The monoisotopic (exact) mass is 221 g/mol. The van der Waals surface area contributed by atoms with Gasteiger partial charge in [0.25, 0.3) is 5.91 Å². The molecule has 0 spiro atoms. The molecule has 6 heteroatoms. The maximum absolute atomic E-state index is 12.7. The number of hydrogen-bond donors (Lipinski definition) is 1. The van der Waals surface area contributed by atoms with Gasteiger partial charge >= 0.3 is 11.9 Å². The summed E-state index contributed by atoms with van der Waals surface area (Å²) in [7, 11) is 0. The number of carbonyl (C=O) groups excluding carboxylic acids is 1. The van der Waals surface area contributed by atoms with Crippen molar-refractivity contribution < 1.29 is 23.5 Å². The number of likely N-dealkylation sites (tertiary alicyclic amines) is 1. The summed E-state index contributed by atoms with van der Waals surface area (Å²) in [5.41, 5.74) is 0. The number of hydrogen-bond acceptors (Lipinski definition) is 2. The topological polar surface area (TPSA) is 57.6 Å². The number of rotatable bonds is 2. The van der Waals surface area contributed by atoms with E-state index in [1.54, 1.807) is 0 Å². The van der Waals surface area contributed by atoms with Gasteiger partial charge in [-0.05, 0) is 12.8 Å². The van der Waals surface area contributed by atoms with Crippen LogP contribution >= 0.6 is 0 Å². The van der Waals surface area contributed by atoms with E-state index in [0.717, 1.165) is 4.90 Å². The molecule has 0 radical (unpaired) electrons. The molecular weight excluding hydrogens is 208 g/mol. The van der Waals surface area contributed by atoms with Gasteiger partial charge in [0.15, 0.2) is 0 Å². The van der Waals surface area contributed by atoms with E-state index in [4.69, 9.17) is 5.11 Å². The lowest BCUT2D eigenvalue weighted by Gasteiger charge is -2.32. The SMILES string of the molecule is CC(F)(F)C(=O)N1CCC[C@H](C(=O)O)C1. The van der Waals surface area contributed by atoms with Crippen molar-refractivity contribution in [2.24, 2.45) is 5.92 Å². The molecule has 0 bridgehead atoms. The molecular formula is C9H13F2NO3. The number of amides is 1. The second-order valence-corrected chi connectivity index (χ2v) is 3.82. The van der Waals surface area contributed by atoms with Crippen molar-refractivity contribution in [1.29, 1.82) is 0 Å². The van der Waals surface area contributed by atoms with Crippen LogP contribution in [0.3, 0.4) is 0 Å². The summed E-state index contributed by atoms with van der Waals surface area (Å²) in [5, 5.41) is 8.72. The number of carboxylic acids is 1. The minimum Gasteiger partial charge on any atom is -0.481 e. The maximum atomic E-state index is 12.7. The molecule has 1 N–H and O–H groups in total. The number of nitrogens with zero attached hydrogens (tertiary/aromatic N) is 1. The summed E-state index contributed by atoms with van der Waals surface area (Å²) in [6.07, 6.45) is 0.896. The predicted octanol–water partition coefficient (Wildman–Crippen LogP) is 0.965. The Balaban J connectivity index is 2.64. The molecule has 15 heavy (non-hydrogen) atoms. The van der Waals surface area contributed by atoms with E-state index in [1.165, 1.54) is 0 Å². The van der Waals surface area contributed by atoms with Crippen molar-refractivity contribution in [3.05, 3.63) is 0 Å². The summed E-state index contributed by atoms with van der Waals surface area (Å²) in [5.74, 6) is -6.45. The first kappa shape index (κ1) is 11.9. The van der Waals surface area contributed by atoms with Gasteiger partial charge in [-0.15, -0.1) is 0 Å². The highest BCUT2D eigenvalue weighted by Gasteiger charge is 2.39. The second kappa shape index (κ2) is 4.12. The van der Waals surface area contributed by atoms with E-state index in [1.807, 2.05) is 0 Å². The Morgan fingerprint density at radius 2 is 2.07 bits per heavy atom. The summed E-state index contributed by atoms with van der Waals surface area (Å²) < 4.78 is 25.4. The molecule has 1 rings (SSSR count). The summed E-state index contributed by atoms with van der Waals surface area (Å²) in [6.45, 7) is 0.628. The molecule has 0 aromatic carbocycles. The number of piperidine rings is 1. The summed E-state index contributed by atoms with van der Waals surface area (Å²) in [4.78, 5) is 22.8. The Kier molecular flexibility index (Phi) is 3.26. The van der Waals surface area contributed by atoms with E-state index in [9.17, 15) is 18.4 Å². The number of carboxylic acid groups (broad SMARTS) is 1. The van der Waals surface area contributed by atoms with Crippen LogP contribution in [0.5, 0.6) is 0 Å². The molecule has 0 aromatic heterocycles. The van der Waals surface area contributed by atoms with Crippen LogP contribution in [0, 0.1) is 5.92 Å². The number of aliphatic carboxylic acids is 1. The molecule has 1 atom stereocenters. The van der Waals surface area contributed by atoms with Gasteiger partial charge in [-0.3, -0.25) is 9.59 Å².